The molecule has 20 heavy (non-hydrogen) atoms. The van der Waals surface area contributed by atoms with Crippen molar-refractivity contribution in [2.75, 3.05) is 19.6 Å². The molecule has 0 aliphatic carbocycles. The minimum atomic E-state index is -0.279. The van der Waals surface area contributed by atoms with Crippen molar-refractivity contribution in [1.82, 2.24) is 9.80 Å². The quantitative estimate of drug-likeness (QED) is 0.856. The minimum Gasteiger partial charge on any atom is -0.341 e. The summed E-state index contributed by atoms with van der Waals surface area (Å²) < 4.78 is 0. The molecular weight excluding hydrogens is 272 g/mol. The predicted molar refractivity (Wildman–Crippen MR) is 80.9 cm³/mol. The van der Waals surface area contributed by atoms with Gasteiger partial charge in [-0.3, -0.25) is 9.59 Å². The summed E-state index contributed by atoms with van der Waals surface area (Å²) in [5.74, 6) is 0.102. The van der Waals surface area contributed by atoms with E-state index in [2.05, 4.69) is 0 Å². The van der Waals surface area contributed by atoms with Gasteiger partial charge in [0.15, 0.2) is 0 Å². The van der Waals surface area contributed by atoms with Crippen molar-refractivity contribution < 1.29 is 9.59 Å². The molecule has 2 amide bonds. The molecule has 5 heteroatoms. The molecule has 110 valence electrons. The third-order valence-electron chi connectivity index (χ3n) is 3.86. The van der Waals surface area contributed by atoms with E-state index in [1.54, 1.807) is 4.90 Å². The van der Waals surface area contributed by atoms with Gasteiger partial charge in [-0.1, -0.05) is 6.07 Å². The molecule has 0 bridgehead atoms. The molecule has 1 atom stereocenters. The van der Waals surface area contributed by atoms with Crippen molar-refractivity contribution >= 4 is 23.2 Å². The number of likely N-dealkylation sites (tertiary alicyclic amines) is 1. The zero-order valence-corrected chi connectivity index (χ0v) is 13.0. The highest BCUT2D eigenvalue weighted by Crippen LogP contribution is 2.23. The topological polar surface area (TPSA) is 40.6 Å². The van der Waals surface area contributed by atoms with Gasteiger partial charge in [-0.05, 0) is 44.6 Å². The number of amides is 2. The molecular formula is C15H22N2O2S. The number of thiophene rings is 1. The summed E-state index contributed by atoms with van der Waals surface area (Å²) in [5, 5.41) is 1.90. The normalized spacial score (nSPS) is 18.9. The molecule has 0 aromatic carbocycles. The molecule has 0 saturated carbocycles. The summed E-state index contributed by atoms with van der Waals surface area (Å²) in [6.07, 6.45) is 2.79. The van der Waals surface area contributed by atoms with E-state index in [1.165, 1.54) is 11.3 Å². The summed E-state index contributed by atoms with van der Waals surface area (Å²) in [5.41, 5.74) is 0. The van der Waals surface area contributed by atoms with Crippen LogP contribution in [0.4, 0.5) is 0 Å². The SMILES string of the molecule is CCN(CC)C(=O)C1CCCCN1C(=O)c1cccs1. The van der Waals surface area contributed by atoms with Crippen molar-refractivity contribution in [3.05, 3.63) is 22.4 Å². The van der Waals surface area contributed by atoms with Crippen LogP contribution in [-0.4, -0.2) is 47.3 Å². The number of carbonyl (C=O) groups excluding carboxylic acids is 2. The lowest BCUT2D eigenvalue weighted by molar-refractivity contribution is -0.136. The van der Waals surface area contributed by atoms with Crippen molar-refractivity contribution in [2.24, 2.45) is 0 Å². The first kappa shape index (κ1) is 15.0. The van der Waals surface area contributed by atoms with E-state index in [-0.39, 0.29) is 17.9 Å². The number of piperidine rings is 1. The predicted octanol–water partition coefficient (Wildman–Crippen LogP) is 2.61. The maximum absolute atomic E-state index is 12.6. The van der Waals surface area contributed by atoms with Gasteiger partial charge in [0, 0.05) is 19.6 Å². The number of nitrogens with zero attached hydrogens (tertiary/aromatic N) is 2. The van der Waals surface area contributed by atoms with Crippen molar-refractivity contribution in [1.29, 1.82) is 0 Å². The van der Waals surface area contributed by atoms with Crippen LogP contribution in [0.25, 0.3) is 0 Å². The summed E-state index contributed by atoms with van der Waals surface area (Å²) in [6.45, 7) is 6.06. The Labute approximate surface area is 124 Å². The molecule has 1 unspecified atom stereocenters. The lowest BCUT2D eigenvalue weighted by Gasteiger charge is -2.37. The zero-order valence-electron chi connectivity index (χ0n) is 12.2. The molecule has 1 fully saturated rings. The largest absolute Gasteiger partial charge is 0.341 e. The highest BCUT2D eigenvalue weighted by molar-refractivity contribution is 7.12. The molecule has 1 aliphatic heterocycles. The van der Waals surface area contributed by atoms with Gasteiger partial charge in [-0.2, -0.15) is 0 Å². The lowest BCUT2D eigenvalue weighted by atomic mass is 10.0. The first-order chi connectivity index (χ1) is 9.69. The molecule has 0 spiro atoms. The molecule has 0 radical (unpaired) electrons. The average molecular weight is 294 g/mol. The fourth-order valence-corrected chi connectivity index (χ4v) is 3.40. The van der Waals surface area contributed by atoms with Gasteiger partial charge >= 0.3 is 0 Å². The van der Waals surface area contributed by atoms with Gasteiger partial charge in [-0.25, -0.2) is 0 Å². The Kier molecular flexibility index (Phi) is 5.17. The first-order valence-corrected chi connectivity index (χ1v) is 8.20. The van der Waals surface area contributed by atoms with Crippen LogP contribution in [0.15, 0.2) is 17.5 Å². The summed E-state index contributed by atoms with van der Waals surface area (Å²) >= 11 is 1.44. The number of carbonyl (C=O) groups is 2. The van der Waals surface area contributed by atoms with Crippen molar-refractivity contribution in [3.8, 4) is 0 Å². The molecule has 2 heterocycles. The Morgan fingerprint density at radius 2 is 2.10 bits per heavy atom. The van der Waals surface area contributed by atoms with Crippen LogP contribution < -0.4 is 0 Å². The second-order valence-electron chi connectivity index (χ2n) is 5.00. The third kappa shape index (κ3) is 3.03. The smallest absolute Gasteiger partial charge is 0.264 e. The van der Waals surface area contributed by atoms with Crippen LogP contribution in [0.3, 0.4) is 0 Å². The van der Waals surface area contributed by atoms with E-state index in [9.17, 15) is 9.59 Å². The number of likely N-dealkylation sites (N-methyl/N-ethyl adjacent to an activating group) is 1. The minimum absolute atomic E-state index is 0.00482. The maximum atomic E-state index is 12.6. The molecule has 1 aliphatic rings. The zero-order chi connectivity index (χ0) is 14.5. The highest BCUT2D eigenvalue weighted by atomic mass is 32.1. The fraction of sp³-hybridized carbons (Fsp3) is 0.600. The van der Waals surface area contributed by atoms with Crippen LogP contribution >= 0.6 is 11.3 Å². The van der Waals surface area contributed by atoms with E-state index in [0.717, 1.165) is 24.1 Å². The Bertz CT molecular complexity index is 454. The Morgan fingerprint density at radius 1 is 1.35 bits per heavy atom. The summed E-state index contributed by atoms with van der Waals surface area (Å²) in [4.78, 5) is 29.4. The number of hydrogen-bond acceptors (Lipinski definition) is 3. The molecule has 1 aromatic heterocycles. The monoisotopic (exact) mass is 294 g/mol. The molecule has 4 nitrogen and oxygen atoms in total. The maximum Gasteiger partial charge on any atom is 0.264 e. The van der Waals surface area contributed by atoms with E-state index >= 15 is 0 Å². The Morgan fingerprint density at radius 3 is 2.70 bits per heavy atom. The molecule has 0 N–H and O–H groups in total. The fourth-order valence-electron chi connectivity index (χ4n) is 2.72. The number of hydrogen-bond donors (Lipinski definition) is 0. The second-order valence-corrected chi connectivity index (χ2v) is 5.95. The Balaban J connectivity index is 2.17. The second kappa shape index (κ2) is 6.88. The Hall–Kier alpha value is -1.36. The van der Waals surface area contributed by atoms with E-state index in [4.69, 9.17) is 0 Å². The van der Waals surface area contributed by atoms with E-state index in [1.807, 2.05) is 36.3 Å². The molecule has 1 saturated heterocycles. The van der Waals surface area contributed by atoms with Gasteiger partial charge in [0.25, 0.3) is 5.91 Å². The number of rotatable bonds is 4. The summed E-state index contributed by atoms with van der Waals surface area (Å²) in [7, 11) is 0. The van der Waals surface area contributed by atoms with E-state index in [0.29, 0.717) is 19.6 Å². The standard InChI is InChI=1S/C15H22N2O2S/c1-3-16(4-2)14(18)12-8-5-6-10-17(12)15(19)13-9-7-11-20-13/h7,9,11-12H,3-6,8,10H2,1-2H3. The van der Waals surface area contributed by atoms with Crippen LogP contribution in [-0.2, 0) is 4.79 Å². The van der Waals surface area contributed by atoms with Gasteiger partial charge in [0.2, 0.25) is 5.91 Å². The van der Waals surface area contributed by atoms with Gasteiger partial charge in [-0.15, -0.1) is 11.3 Å². The molecule has 1 aromatic rings. The van der Waals surface area contributed by atoms with Crippen molar-refractivity contribution in [2.45, 2.75) is 39.2 Å². The van der Waals surface area contributed by atoms with Gasteiger partial charge in [0.1, 0.15) is 6.04 Å². The molecule has 2 rings (SSSR count). The van der Waals surface area contributed by atoms with Crippen LogP contribution in [0.1, 0.15) is 42.8 Å². The van der Waals surface area contributed by atoms with Crippen molar-refractivity contribution in [3.63, 3.8) is 0 Å². The van der Waals surface area contributed by atoms with Gasteiger partial charge < -0.3 is 9.80 Å². The van der Waals surface area contributed by atoms with Crippen LogP contribution in [0, 0.1) is 0 Å². The first-order valence-electron chi connectivity index (χ1n) is 7.32. The van der Waals surface area contributed by atoms with Crippen LogP contribution in [0.5, 0.6) is 0 Å². The lowest BCUT2D eigenvalue weighted by Crippen LogP contribution is -2.52. The average Bonchev–Trinajstić information content (AvgIpc) is 3.02. The summed E-state index contributed by atoms with van der Waals surface area (Å²) in [6, 6.07) is 3.43. The van der Waals surface area contributed by atoms with E-state index < -0.39 is 0 Å². The third-order valence-corrected chi connectivity index (χ3v) is 4.71. The van der Waals surface area contributed by atoms with Crippen LogP contribution in [0.2, 0.25) is 0 Å². The van der Waals surface area contributed by atoms with Gasteiger partial charge in [0.05, 0.1) is 4.88 Å². The highest BCUT2D eigenvalue weighted by Gasteiger charge is 2.34.